The molecule has 0 saturated heterocycles. The first-order valence-electron chi connectivity index (χ1n) is 6.05. The van der Waals surface area contributed by atoms with Gasteiger partial charge in [0.25, 0.3) is 0 Å². The third kappa shape index (κ3) is 5.33. The third-order valence-corrected chi connectivity index (χ3v) is 3.93. The first-order valence-corrected chi connectivity index (χ1v) is 7.70. The Morgan fingerprint density at radius 2 is 2.05 bits per heavy atom. The van der Waals surface area contributed by atoms with Crippen molar-refractivity contribution in [2.24, 2.45) is 5.92 Å². The summed E-state index contributed by atoms with van der Waals surface area (Å²) in [4.78, 5) is 0. The average molecular weight is 281 g/mol. The van der Waals surface area contributed by atoms with Gasteiger partial charge in [0, 0.05) is 5.56 Å². The van der Waals surface area contributed by atoms with Crippen molar-refractivity contribution in [1.82, 2.24) is 0 Å². The number of hydrogen-bond donors (Lipinski definition) is 2. The van der Waals surface area contributed by atoms with Crippen molar-refractivity contribution >= 4 is 15.7 Å². The average Bonchev–Trinajstić information content (AvgIpc) is 2.27. The molecule has 0 bridgehead atoms. The van der Waals surface area contributed by atoms with Crippen LogP contribution in [0.5, 0.6) is 0 Å². The molecule has 0 saturated carbocycles. The summed E-state index contributed by atoms with van der Waals surface area (Å²) in [5.74, 6) is 5.40. The summed E-state index contributed by atoms with van der Waals surface area (Å²) in [7, 11) is -3.37. The van der Waals surface area contributed by atoms with E-state index >= 15 is 0 Å². The molecule has 1 rings (SSSR count). The molecular weight excluding hydrogens is 262 g/mol. The van der Waals surface area contributed by atoms with Crippen LogP contribution in [-0.2, 0) is 10.0 Å². The lowest BCUT2D eigenvalue weighted by Crippen LogP contribution is -2.20. The number of aryl methyl sites for hydroxylation is 1. The number of nitrogens with one attached hydrogen (secondary N) is 1. The topological polar surface area (TPSA) is 66.4 Å². The van der Waals surface area contributed by atoms with Crippen molar-refractivity contribution in [1.29, 1.82) is 0 Å². The van der Waals surface area contributed by atoms with Gasteiger partial charge in [-0.1, -0.05) is 31.8 Å². The predicted molar refractivity (Wildman–Crippen MR) is 77.4 cm³/mol. The molecule has 0 atom stereocenters. The van der Waals surface area contributed by atoms with Gasteiger partial charge in [-0.25, -0.2) is 8.42 Å². The number of anilines is 1. The van der Waals surface area contributed by atoms with E-state index in [4.69, 9.17) is 5.11 Å². The molecule has 0 aliphatic rings. The third-order valence-electron chi connectivity index (χ3n) is 2.30. The van der Waals surface area contributed by atoms with E-state index < -0.39 is 10.0 Å². The zero-order valence-electron chi connectivity index (χ0n) is 11.4. The van der Waals surface area contributed by atoms with E-state index in [1.807, 2.05) is 26.8 Å². The molecule has 0 unspecified atom stereocenters. The summed E-state index contributed by atoms with van der Waals surface area (Å²) < 4.78 is 26.4. The molecule has 19 heavy (non-hydrogen) atoms. The Balaban J connectivity index is 3.07. The van der Waals surface area contributed by atoms with E-state index in [9.17, 15) is 8.42 Å². The molecule has 0 spiro atoms. The van der Waals surface area contributed by atoms with Crippen molar-refractivity contribution in [3.63, 3.8) is 0 Å². The summed E-state index contributed by atoms with van der Waals surface area (Å²) in [6.07, 6.45) is 0. The van der Waals surface area contributed by atoms with Crippen molar-refractivity contribution in [3.05, 3.63) is 29.3 Å². The molecule has 0 aliphatic heterocycles. The van der Waals surface area contributed by atoms with Crippen LogP contribution in [0.4, 0.5) is 5.69 Å². The maximum absolute atomic E-state index is 11.9. The molecule has 0 aromatic heterocycles. The van der Waals surface area contributed by atoms with Crippen LogP contribution in [-0.4, -0.2) is 25.9 Å². The second-order valence-corrected chi connectivity index (χ2v) is 6.55. The van der Waals surface area contributed by atoms with Crippen LogP contribution in [0.1, 0.15) is 25.0 Å². The molecule has 1 aromatic rings. The SMILES string of the molecule is Cc1ccc(NS(=O)(=O)CC(C)C)c(C#CCO)c1. The lowest BCUT2D eigenvalue weighted by molar-refractivity contribution is 0.350. The maximum atomic E-state index is 11.9. The largest absolute Gasteiger partial charge is 0.384 e. The summed E-state index contributed by atoms with van der Waals surface area (Å²) in [5, 5.41) is 8.73. The van der Waals surface area contributed by atoms with Crippen LogP contribution in [0.15, 0.2) is 18.2 Å². The number of aliphatic hydroxyl groups is 1. The van der Waals surface area contributed by atoms with Gasteiger partial charge in [0.1, 0.15) is 6.61 Å². The molecule has 104 valence electrons. The number of aliphatic hydroxyl groups excluding tert-OH is 1. The standard InChI is InChI=1S/C14H19NO3S/c1-11(2)10-19(17,18)15-14-7-6-12(3)9-13(14)5-4-8-16/h6-7,9,11,15-16H,8,10H2,1-3H3. The Morgan fingerprint density at radius 1 is 1.37 bits per heavy atom. The monoisotopic (exact) mass is 281 g/mol. The number of hydrogen-bond acceptors (Lipinski definition) is 3. The van der Waals surface area contributed by atoms with Crippen LogP contribution in [0.2, 0.25) is 0 Å². The molecular formula is C14H19NO3S. The second kappa shape index (κ2) is 6.60. The van der Waals surface area contributed by atoms with E-state index in [0.29, 0.717) is 11.3 Å². The highest BCUT2D eigenvalue weighted by Gasteiger charge is 2.14. The lowest BCUT2D eigenvalue weighted by Gasteiger charge is -2.12. The van der Waals surface area contributed by atoms with E-state index in [1.165, 1.54) is 0 Å². The van der Waals surface area contributed by atoms with E-state index in [-0.39, 0.29) is 18.3 Å². The van der Waals surface area contributed by atoms with Gasteiger partial charge >= 0.3 is 0 Å². The Hall–Kier alpha value is -1.51. The highest BCUT2D eigenvalue weighted by Crippen LogP contribution is 2.18. The fourth-order valence-corrected chi connectivity index (χ4v) is 3.11. The molecule has 4 nitrogen and oxygen atoms in total. The van der Waals surface area contributed by atoms with E-state index in [1.54, 1.807) is 12.1 Å². The van der Waals surface area contributed by atoms with Crippen LogP contribution >= 0.6 is 0 Å². The van der Waals surface area contributed by atoms with Crippen molar-refractivity contribution in [3.8, 4) is 11.8 Å². The van der Waals surface area contributed by atoms with Gasteiger partial charge in [-0.3, -0.25) is 4.72 Å². The molecule has 0 aliphatic carbocycles. The molecule has 5 heteroatoms. The Labute approximate surface area is 114 Å². The number of benzene rings is 1. The Kier molecular flexibility index (Phi) is 5.40. The molecule has 2 N–H and O–H groups in total. The van der Waals surface area contributed by atoms with Gasteiger partial charge in [0.05, 0.1) is 11.4 Å². The maximum Gasteiger partial charge on any atom is 0.233 e. The summed E-state index contributed by atoms with van der Waals surface area (Å²) in [6.45, 7) is 5.34. The normalized spacial score (nSPS) is 11.0. The second-order valence-electron chi connectivity index (χ2n) is 4.79. The van der Waals surface area contributed by atoms with Crippen molar-refractivity contribution in [2.75, 3.05) is 17.1 Å². The minimum atomic E-state index is -3.37. The van der Waals surface area contributed by atoms with Crippen molar-refractivity contribution < 1.29 is 13.5 Å². The van der Waals surface area contributed by atoms with Crippen LogP contribution in [0.3, 0.4) is 0 Å². The minimum absolute atomic E-state index is 0.0509. The number of rotatable bonds is 4. The first-order chi connectivity index (χ1) is 8.84. The van der Waals surface area contributed by atoms with Crippen molar-refractivity contribution in [2.45, 2.75) is 20.8 Å². The minimum Gasteiger partial charge on any atom is -0.384 e. The molecule has 0 heterocycles. The van der Waals surface area contributed by atoms with Gasteiger partial charge in [-0.05, 0) is 30.5 Å². The summed E-state index contributed by atoms with van der Waals surface area (Å²) >= 11 is 0. The smallest absolute Gasteiger partial charge is 0.233 e. The summed E-state index contributed by atoms with van der Waals surface area (Å²) in [6, 6.07) is 5.29. The van der Waals surface area contributed by atoms with Gasteiger partial charge in [-0.2, -0.15) is 0 Å². The highest BCUT2D eigenvalue weighted by molar-refractivity contribution is 7.92. The lowest BCUT2D eigenvalue weighted by atomic mass is 10.1. The Bertz CT molecular complexity index is 595. The zero-order valence-corrected chi connectivity index (χ0v) is 12.2. The fraction of sp³-hybridized carbons (Fsp3) is 0.429. The fourth-order valence-electron chi connectivity index (χ4n) is 1.63. The van der Waals surface area contributed by atoms with Gasteiger partial charge in [0.15, 0.2) is 0 Å². The van der Waals surface area contributed by atoms with E-state index in [0.717, 1.165) is 5.56 Å². The summed E-state index contributed by atoms with van der Waals surface area (Å²) in [5.41, 5.74) is 2.00. The quantitative estimate of drug-likeness (QED) is 0.826. The highest BCUT2D eigenvalue weighted by atomic mass is 32.2. The van der Waals surface area contributed by atoms with E-state index in [2.05, 4.69) is 16.6 Å². The van der Waals surface area contributed by atoms with Gasteiger partial charge < -0.3 is 5.11 Å². The van der Waals surface area contributed by atoms with Gasteiger partial charge in [-0.15, -0.1) is 0 Å². The molecule has 0 fully saturated rings. The zero-order chi connectivity index (χ0) is 14.5. The predicted octanol–water partition coefficient (Wildman–Crippen LogP) is 1.74. The van der Waals surface area contributed by atoms with Crippen LogP contribution in [0.25, 0.3) is 0 Å². The molecule has 0 amide bonds. The molecule has 0 radical (unpaired) electrons. The van der Waals surface area contributed by atoms with Gasteiger partial charge in [0.2, 0.25) is 10.0 Å². The van der Waals surface area contributed by atoms with Crippen LogP contribution < -0.4 is 4.72 Å². The number of sulfonamides is 1. The molecule has 1 aromatic carbocycles. The Morgan fingerprint density at radius 3 is 2.63 bits per heavy atom. The first kappa shape index (κ1) is 15.5. The van der Waals surface area contributed by atoms with Crippen LogP contribution in [0, 0.1) is 24.7 Å².